The van der Waals surface area contributed by atoms with Crippen LogP contribution in [0.15, 0.2) is 33.9 Å². The van der Waals surface area contributed by atoms with E-state index < -0.39 is 5.54 Å². The second-order valence-electron chi connectivity index (χ2n) is 7.36. The van der Waals surface area contributed by atoms with Crippen LogP contribution in [0.3, 0.4) is 0 Å². The van der Waals surface area contributed by atoms with Crippen LogP contribution in [0.1, 0.15) is 48.3 Å². The van der Waals surface area contributed by atoms with E-state index in [4.69, 9.17) is 10.2 Å². The Labute approximate surface area is 156 Å². The van der Waals surface area contributed by atoms with Gasteiger partial charge < -0.3 is 10.2 Å². The second-order valence-corrected chi connectivity index (χ2v) is 8.36. The highest BCUT2D eigenvalue weighted by molar-refractivity contribution is 8.13. The first-order chi connectivity index (χ1) is 12.1. The van der Waals surface area contributed by atoms with Crippen molar-refractivity contribution in [2.75, 3.05) is 5.75 Å². The molecule has 2 heterocycles. The number of carbonyl (C=O) groups is 1. The lowest BCUT2D eigenvalue weighted by atomic mass is 9.70. The normalized spacial score (nSPS) is 22.1. The maximum atomic E-state index is 14.7. The highest BCUT2D eigenvalue weighted by Crippen LogP contribution is 2.48. The van der Waals surface area contributed by atoms with Crippen molar-refractivity contribution >= 4 is 22.7 Å². The van der Waals surface area contributed by atoms with Crippen LogP contribution in [0.2, 0.25) is 0 Å². The highest BCUT2D eigenvalue weighted by atomic mass is 32.2. The number of hydrogen-bond acceptors (Lipinski definition) is 6. The summed E-state index contributed by atoms with van der Waals surface area (Å²) < 4.78 is 19.8. The summed E-state index contributed by atoms with van der Waals surface area (Å²) in [4.78, 5) is 21.0. The molecule has 0 saturated carbocycles. The van der Waals surface area contributed by atoms with Crippen LogP contribution in [-0.4, -0.2) is 21.7 Å². The number of amidine groups is 1. The molecule has 0 fully saturated rings. The molecule has 3 rings (SSSR count). The minimum atomic E-state index is -0.810. The molecule has 0 bridgehead atoms. The fraction of sp³-hybridized carbons (Fsp3) is 0.421. The summed E-state index contributed by atoms with van der Waals surface area (Å²) in [5, 5.41) is 0.450. The molecular formula is C19H22FN3O2S. The molecule has 0 amide bonds. The van der Waals surface area contributed by atoms with E-state index in [2.05, 4.69) is 9.98 Å². The van der Waals surface area contributed by atoms with E-state index in [1.165, 1.54) is 24.1 Å². The third-order valence-corrected chi connectivity index (χ3v) is 6.31. The molecule has 1 aliphatic heterocycles. The lowest BCUT2D eigenvalue weighted by Gasteiger charge is -2.44. The van der Waals surface area contributed by atoms with Crippen molar-refractivity contribution in [2.45, 2.75) is 39.7 Å². The van der Waals surface area contributed by atoms with E-state index in [1.807, 2.05) is 20.8 Å². The first-order valence-electron chi connectivity index (χ1n) is 8.35. The Morgan fingerprint density at radius 1 is 1.38 bits per heavy atom. The number of aromatic nitrogens is 1. The number of nitrogens with two attached hydrogens (primary N) is 1. The molecule has 1 aromatic heterocycles. The van der Waals surface area contributed by atoms with E-state index in [9.17, 15) is 9.18 Å². The quantitative estimate of drug-likeness (QED) is 0.821. The Morgan fingerprint density at radius 2 is 2.12 bits per heavy atom. The molecule has 1 atom stereocenters. The van der Waals surface area contributed by atoms with Gasteiger partial charge in [0.15, 0.2) is 16.8 Å². The molecule has 26 heavy (non-hydrogen) atoms. The molecule has 0 unspecified atom stereocenters. The van der Waals surface area contributed by atoms with E-state index >= 15 is 0 Å². The molecule has 138 valence electrons. The third kappa shape index (κ3) is 3.28. The first-order valence-corrected chi connectivity index (χ1v) is 9.33. The Bertz CT molecular complexity index is 891. The third-order valence-electron chi connectivity index (χ3n) is 5.06. The average Bonchev–Trinajstić information content (AvgIpc) is 3.00. The highest BCUT2D eigenvalue weighted by Gasteiger charge is 2.46. The zero-order chi connectivity index (χ0) is 19.1. The fourth-order valence-electron chi connectivity index (χ4n) is 3.05. The molecule has 0 radical (unpaired) electrons. The number of Topliss-reactive ketones (excluding diaryl/α,β-unsaturated/α-hetero) is 1. The van der Waals surface area contributed by atoms with E-state index in [0.29, 0.717) is 22.2 Å². The molecule has 1 aromatic carbocycles. The van der Waals surface area contributed by atoms with Crippen LogP contribution < -0.4 is 5.73 Å². The van der Waals surface area contributed by atoms with Gasteiger partial charge in [-0.05, 0) is 24.6 Å². The van der Waals surface area contributed by atoms with E-state index in [0.717, 1.165) is 5.75 Å². The number of nitrogens with zero attached hydrogens (tertiary/aromatic N) is 2. The van der Waals surface area contributed by atoms with Crippen LogP contribution in [0, 0.1) is 18.2 Å². The van der Waals surface area contributed by atoms with Gasteiger partial charge in [-0.2, -0.15) is 0 Å². The molecule has 0 spiro atoms. The number of benzene rings is 1. The number of halogens is 1. The smallest absolute Gasteiger partial charge is 0.191 e. The summed E-state index contributed by atoms with van der Waals surface area (Å²) in [6, 6.07) is 4.72. The predicted molar refractivity (Wildman–Crippen MR) is 101 cm³/mol. The van der Waals surface area contributed by atoms with Crippen LogP contribution in [0.5, 0.6) is 0 Å². The number of carbonyl (C=O) groups excluding carboxylic acids is 1. The summed E-state index contributed by atoms with van der Waals surface area (Å²) in [6.07, 6.45) is 1.46. The number of aryl methyl sites for hydroxylation is 1. The number of rotatable bonds is 4. The van der Waals surface area contributed by atoms with Crippen LogP contribution >= 0.6 is 11.8 Å². The summed E-state index contributed by atoms with van der Waals surface area (Å²) >= 11 is 1.47. The van der Waals surface area contributed by atoms with Crippen molar-refractivity contribution in [3.8, 4) is 0 Å². The van der Waals surface area contributed by atoms with E-state index in [1.54, 1.807) is 19.1 Å². The minimum Gasteiger partial charge on any atom is -0.449 e. The molecule has 2 N–H and O–H groups in total. The number of oxazole rings is 1. The SMILES string of the molecule is Cc1nc(C(=O)Cc2ccc(F)c([C@@]3(C)N=C(N)SCC3(C)C)c2)co1. The van der Waals surface area contributed by atoms with Crippen molar-refractivity contribution in [2.24, 2.45) is 16.1 Å². The summed E-state index contributed by atoms with van der Waals surface area (Å²) in [6.45, 7) is 7.67. The van der Waals surface area contributed by atoms with Crippen LogP contribution in [0.4, 0.5) is 4.39 Å². The van der Waals surface area contributed by atoms with Crippen molar-refractivity contribution in [1.29, 1.82) is 0 Å². The molecule has 7 heteroatoms. The first kappa shape index (κ1) is 18.6. The number of hydrogen-bond donors (Lipinski definition) is 1. The average molecular weight is 375 g/mol. The fourth-order valence-corrected chi connectivity index (χ4v) is 4.08. The largest absolute Gasteiger partial charge is 0.449 e. The van der Waals surface area contributed by atoms with Gasteiger partial charge in [0.05, 0.1) is 5.54 Å². The zero-order valence-corrected chi connectivity index (χ0v) is 16.1. The van der Waals surface area contributed by atoms with Crippen molar-refractivity contribution < 1.29 is 13.6 Å². The van der Waals surface area contributed by atoms with Gasteiger partial charge >= 0.3 is 0 Å². The standard InChI is InChI=1S/C19H22FN3O2S/c1-11-22-15(9-25-11)16(24)8-12-5-6-14(20)13(7-12)19(4)18(2,3)10-26-17(21)23-19/h5-7,9H,8,10H2,1-4H3,(H2,21,23)/t19-/m1/s1. The molecule has 0 saturated heterocycles. The van der Waals surface area contributed by atoms with Crippen molar-refractivity contribution in [3.05, 3.63) is 53.0 Å². The summed E-state index contributed by atoms with van der Waals surface area (Å²) in [5.74, 6) is 0.648. The maximum Gasteiger partial charge on any atom is 0.191 e. The Morgan fingerprint density at radius 3 is 2.77 bits per heavy atom. The van der Waals surface area contributed by atoms with Gasteiger partial charge in [-0.15, -0.1) is 0 Å². The van der Waals surface area contributed by atoms with Gasteiger partial charge in [-0.3, -0.25) is 9.79 Å². The predicted octanol–water partition coefficient (Wildman–Crippen LogP) is 3.85. The minimum absolute atomic E-state index is 0.115. The molecule has 1 aliphatic rings. The molecule has 2 aromatic rings. The van der Waals surface area contributed by atoms with Gasteiger partial charge in [0.25, 0.3) is 0 Å². The Kier molecular flexibility index (Phi) is 4.69. The Balaban J connectivity index is 1.98. The van der Waals surface area contributed by atoms with Crippen molar-refractivity contribution in [1.82, 2.24) is 4.98 Å². The molecule has 5 nitrogen and oxygen atoms in total. The molecule has 0 aliphatic carbocycles. The zero-order valence-electron chi connectivity index (χ0n) is 15.3. The van der Waals surface area contributed by atoms with Gasteiger partial charge in [-0.1, -0.05) is 31.7 Å². The number of ketones is 1. The van der Waals surface area contributed by atoms with Crippen molar-refractivity contribution in [3.63, 3.8) is 0 Å². The lowest BCUT2D eigenvalue weighted by molar-refractivity contribution is 0.0988. The topological polar surface area (TPSA) is 81.5 Å². The van der Waals surface area contributed by atoms with Gasteiger partial charge in [0.1, 0.15) is 17.8 Å². The molecular weight excluding hydrogens is 353 g/mol. The second kappa shape index (κ2) is 6.54. The van der Waals surface area contributed by atoms with Gasteiger partial charge in [-0.25, -0.2) is 9.37 Å². The van der Waals surface area contributed by atoms with Crippen LogP contribution in [-0.2, 0) is 12.0 Å². The Hall–Kier alpha value is -2.15. The summed E-state index contributed by atoms with van der Waals surface area (Å²) in [7, 11) is 0. The van der Waals surface area contributed by atoms with Crippen LogP contribution in [0.25, 0.3) is 0 Å². The lowest BCUT2D eigenvalue weighted by Crippen LogP contribution is -2.45. The van der Waals surface area contributed by atoms with Gasteiger partial charge in [0.2, 0.25) is 0 Å². The summed E-state index contributed by atoms with van der Waals surface area (Å²) in [5.41, 5.74) is 6.26. The number of aliphatic imine (C=N–C) groups is 1. The number of thioether (sulfide) groups is 1. The van der Waals surface area contributed by atoms with E-state index in [-0.39, 0.29) is 29.1 Å². The monoisotopic (exact) mass is 375 g/mol. The van der Waals surface area contributed by atoms with Gasteiger partial charge in [0, 0.05) is 30.1 Å². The maximum absolute atomic E-state index is 14.7.